The molecule has 6 nitrogen and oxygen atoms in total. The highest BCUT2D eigenvalue weighted by Crippen LogP contribution is 2.07. The van der Waals surface area contributed by atoms with E-state index in [-0.39, 0.29) is 34.0 Å². The first kappa shape index (κ1) is 29.3. The summed E-state index contributed by atoms with van der Waals surface area (Å²) in [6.07, 6.45) is -3.67. The fraction of sp³-hybridized carbons (Fsp3) is 0.714. The molecule has 0 unspecified atom stereocenters. The van der Waals surface area contributed by atoms with Crippen LogP contribution in [0.3, 0.4) is 0 Å². The summed E-state index contributed by atoms with van der Waals surface area (Å²) in [5.74, 6) is 0. The molecule has 0 aliphatic rings. The van der Waals surface area contributed by atoms with Crippen molar-refractivity contribution in [2.24, 2.45) is 5.41 Å². The summed E-state index contributed by atoms with van der Waals surface area (Å²) in [4.78, 5) is 17.1. The molecule has 0 saturated carbocycles. The maximum Gasteiger partial charge on any atom is 0.503 e. The number of halogens is 2. The van der Waals surface area contributed by atoms with Gasteiger partial charge in [0.2, 0.25) is 0 Å². The molecule has 0 fully saturated rings. The molecule has 0 atom stereocenters. The smallest absolute Gasteiger partial charge is 0.450 e. The average molecular weight is 358 g/mol. The minimum absolute atomic E-state index is 0. The molecule has 0 aromatic rings. The van der Waals surface area contributed by atoms with Crippen molar-refractivity contribution in [3.63, 3.8) is 0 Å². The predicted molar refractivity (Wildman–Crippen MR) is 67.1 cm³/mol. The van der Waals surface area contributed by atoms with Crippen molar-refractivity contribution in [1.82, 2.24) is 0 Å². The molecule has 0 heterocycles. The summed E-state index contributed by atoms with van der Waals surface area (Å²) in [6.45, 7) is 8.75. The first-order chi connectivity index (χ1) is 5.46. The fourth-order valence-corrected chi connectivity index (χ4v) is 0. The fourth-order valence-electron chi connectivity index (χ4n) is 0. The van der Waals surface area contributed by atoms with E-state index in [1.165, 1.54) is 0 Å². The van der Waals surface area contributed by atoms with Crippen molar-refractivity contribution < 1.29 is 30.0 Å². The Bertz CT molecular complexity index is 128. The van der Waals surface area contributed by atoms with Crippen molar-refractivity contribution in [3.8, 4) is 0 Å². The zero-order chi connectivity index (χ0) is 11.7. The molecule has 0 aliphatic heterocycles. The normalized spacial score (nSPS) is 7.20. The van der Waals surface area contributed by atoms with E-state index < -0.39 is 12.3 Å². The van der Waals surface area contributed by atoms with Crippen LogP contribution in [-0.4, -0.2) is 32.7 Å². The Hall–Kier alpha value is -0.500. The van der Waals surface area contributed by atoms with Crippen LogP contribution in [-0.2, 0) is 0 Å². The third-order valence-electron chi connectivity index (χ3n) is 0. The van der Waals surface area contributed by atoms with Gasteiger partial charge in [0.15, 0.2) is 0 Å². The number of rotatable bonds is 0. The Morgan fingerprint density at radius 1 is 0.733 bits per heavy atom. The highest BCUT2D eigenvalue weighted by molar-refractivity contribution is 8.93. The van der Waals surface area contributed by atoms with Crippen molar-refractivity contribution in [2.75, 3.05) is 0 Å². The quantitative estimate of drug-likeness (QED) is 0.526. The SMILES string of the molecule is Br.Br.CC(C)(C)C.O=C(O)O.O=C(O)O. The first-order valence-electron chi connectivity index (χ1n) is 3.30. The number of hydrogen-bond acceptors (Lipinski definition) is 2. The standard InChI is InChI=1S/C5H12.2CH2O3.2BrH/c1-5(2,3)4;2*2-1(3)4;;/h1-4H3;2*(H2,2,3,4);2*1H. The van der Waals surface area contributed by atoms with Crippen LogP contribution in [0.15, 0.2) is 0 Å². The van der Waals surface area contributed by atoms with Gasteiger partial charge in [0.25, 0.3) is 0 Å². The highest BCUT2D eigenvalue weighted by atomic mass is 79.9. The molecule has 0 rings (SSSR count). The third kappa shape index (κ3) is 7140. The minimum atomic E-state index is -1.83. The van der Waals surface area contributed by atoms with E-state index in [1.54, 1.807) is 0 Å². The number of hydrogen-bond donors (Lipinski definition) is 4. The lowest BCUT2D eigenvalue weighted by atomic mass is 10.0. The van der Waals surface area contributed by atoms with E-state index in [2.05, 4.69) is 27.7 Å². The number of carboxylic acid groups (broad SMARTS) is 4. The average Bonchev–Trinajstić information content (AvgIpc) is 1.50. The molecule has 15 heavy (non-hydrogen) atoms. The Balaban J connectivity index is -0.0000000315. The van der Waals surface area contributed by atoms with Crippen LogP contribution in [0.2, 0.25) is 0 Å². The van der Waals surface area contributed by atoms with Crippen LogP contribution in [0, 0.1) is 5.41 Å². The Morgan fingerprint density at radius 3 is 0.733 bits per heavy atom. The van der Waals surface area contributed by atoms with Crippen molar-refractivity contribution >= 4 is 46.3 Å². The zero-order valence-electron chi connectivity index (χ0n) is 8.92. The van der Waals surface area contributed by atoms with Gasteiger partial charge in [-0.25, -0.2) is 9.59 Å². The molecule has 0 aromatic carbocycles. The lowest BCUT2D eigenvalue weighted by molar-refractivity contribution is 0.135. The Kier molecular flexibility index (Phi) is 31.1. The predicted octanol–water partition coefficient (Wildman–Crippen LogP) is 3.65. The second-order valence-electron chi connectivity index (χ2n) is 3.57. The van der Waals surface area contributed by atoms with Gasteiger partial charge in [0.05, 0.1) is 0 Å². The highest BCUT2D eigenvalue weighted by Gasteiger charge is 1.95. The molecule has 0 aromatic heterocycles. The van der Waals surface area contributed by atoms with E-state index in [4.69, 9.17) is 30.0 Å². The van der Waals surface area contributed by atoms with Gasteiger partial charge in [-0.2, -0.15) is 0 Å². The van der Waals surface area contributed by atoms with Crippen LogP contribution >= 0.6 is 34.0 Å². The second-order valence-corrected chi connectivity index (χ2v) is 3.57. The Labute approximate surface area is 109 Å². The monoisotopic (exact) mass is 356 g/mol. The summed E-state index contributed by atoms with van der Waals surface area (Å²) in [6, 6.07) is 0. The van der Waals surface area contributed by atoms with E-state index in [0.29, 0.717) is 5.41 Å². The van der Waals surface area contributed by atoms with Gasteiger partial charge < -0.3 is 20.4 Å². The molecule has 4 N–H and O–H groups in total. The van der Waals surface area contributed by atoms with Crippen LogP contribution in [0.25, 0.3) is 0 Å². The summed E-state index contributed by atoms with van der Waals surface area (Å²) in [7, 11) is 0. The molecule has 0 saturated heterocycles. The topological polar surface area (TPSA) is 115 Å². The van der Waals surface area contributed by atoms with Gasteiger partial charge in [-0.3, -0.25) is 0 Å². The van der Waals surface area contributed by atoms with Gasteiger partial charge in [0.1, 0.15) is 0 Å². The molecule has 0 amide bonds. The molecule has 0 radical (unpaired) electrons. The van der Waals surface area contributed by atoms with E-state index in [9.17, 15) is 0 Å². The van der Waals surface area contributed by atoms with Crippen molar-refractivity contribution in [1.29, 1.82) is 0 Å². The van der Waals surface area contributed by atoms with E-state index in [1.807, 2.05) is 0 Å². The lowest BCUT2D eigenvalue weighted by Gasteiger charge is -2.05. The lowest BCUT2D eigenvalue weighted by Crippen LogP contribution is -1.93. The zero-order valence-corrected chi connectivity index (χ0v) is 12.3. The van der Waals surface area contributed by atoms with E-state index >= 15 is 0 Å². The van der Waals surface area contributed by atoms with Gasteiger partial charge in [0, 0.05) is 0 Å². The maximum absolute atomic E-state index is 8.56. The third-order valence-corrected chi connectivity index (χ3v) is 0. The van der Waals surface area contributed by atoms with Crippen LogP contribution < -0.4 is 0 Å². The molecule has 8 heteroatoms. The van der Waals surface area contributed by atoms with Crippen molar-refractivity contribution in [2.45, 2.75) is 27.7 Å². The van der Waals surface area contributed by atoms with Crippen molar-refractivity contribution in [3.05, 3.63) is 0 Å². The maximum atomic E-state index is 8.56. The molecule has 96 valence electrons. The molecule has 0 bridgehead atoms. The van der Waals surface area contributed by atoms with Gasteiger partial charge in [-0.15, -0.1) is 34.0 Å². The summed E-state index contributed by atoms with van der Waals surface area (Å²) >= 11 is 0. The van der Waals surface area contributed by atoms with Crippen LogP contribution in [0.4, 0.5) is 9.59 Å². The van der Waals surface area contributed by atoms with Gasteiger partial charge >= 0.3 is 12.3 Å². The second kappa shape index (κ2) is 15.9. The number of carbonyl (C=O) groups is 2. The molecule has 0 spiro atoms. The molecular formula is C7H18Br2O6. The largest absolute Gasteiger partial charge is 0.503 e. The first-order valence-corrected chi connectivity index (χ1v) is 3.30. The minimum Gasteiger partial charge on any atom is -0.450 e. The van der Waals surface area contributed by atoms with Crippen LogP contribution in [0.1, 0.15) is 27.7 Å². The van der Waals surface area contributed by atoms with E-state index in [0.717, 1.165) is 0 Å². The summed E-state index contributed by atoms with van der Waals surface area (Å²) in [5, 5.41) is 27.9. The van der Waals surface area contributed by atoms with Gasteiger partial charge in [-0.1, -0.05) is 27.7 Å². The molecular weight excluding hydrogens is 340 g/mol. The Morgan fingerprint density at radius 2 is 0.733 bits per heavy atom. The van der Waals surface area contributed by atoms with Gasteiger partial charge in [-0.05, 0) is 5.41 Å². The van der Waals surface area contributed by atoms with Crippen LogP contribution in [0.5, 0.6) is 0 Å². The molecule has 0 aliphatic carbocycles. The summed E-state index contributed by atoms with van der Waals surface area (Å²) < 4.78 is 0. The summed E-state index contributed by atoms with van der Waals surface area (Å²) in [5.41, 5.74) is 0.500.